The Morgan fingerprint density at radius 1 is 1.09 bits per heavy atom. The predicted octanol–water partition coefficient (Wildman–Crippen LogP) is 3.33. The van der Waals surface area contributed by atoms with Crippen LogP contribution >= 0.6 is 23.2 Å². The molecule has 0 radical (unpaired) electrons. The second-order valence-electron chi connectivity index (χ2n) is 7.89. The summed E-state index contributed by atoms with van der Waals surface area (Å²) in [4.78, 5) is 30.3. The Kier molecular flexibility index (Phi) is 5.37. The normalized spacial score (nSPS) is 14.3. The highest BCUT2D eigenvalue weighted by atomic mass is 35.5. The van der Waals surface area contributed by atoms with Crippen LogP contribution in [0.15, 0.2) is 35.3 Å². The number of nitrogens with one attached hydrogen (secondary N) is 1. The van der Waals surface area contributed by atoms with Crippen LogP contribution in [0.5, 0.6) is 0 Å². The van der Waals surface area contributed by atoms with Crippen LogP contribution < -0.4 is 28.1 Å². The number of pyridine rings is 1. The number of anilines is 4. The molecular weight excluding hydrogens is 484 g/mol. The van der Waals surface area contributed by atoms with E-state index in [0.717, 1.165) is 18.9 Å². The van der Waals surface area contributed by atoms with Gasteiger partial charge in [-0.3, -0.25) is 9.36 Å². The second kappa shape index (κ2) is 8.26. The van der Waals surface area contributed by atoms with Crippen LogP contribution in [-0.4, -0.2) is 24.5 Å². The first-order chi connectivity index (χ1) is 16.2. The van der Waals surface area contributed by atoms with Gasteiger partial charge < -0.3 is 22.5 Å². The van der Waals surface area contributed by atoms with E-state index in [4.69, 9.17) is 40.4 Å². The van der Waals surface area contributed by atoms with E-state index in [1.807, 2.05) is 0 Å². The molecule has 3 aromatic heterocycles. The number of halogens is 3. The van der Waals surface area contributed by atoms with E-state index in [9.17, 15) is 9.18 Å². The molecule has 13 heteroatoms. The first kappa shape index (κ1) is 22.1. The molecule has 1 fully saturated rings. The van der Waals surface area contributed by atoms with E-state index >= 15 is 0 Å². The zero-order valence-electron chi connectivity index (χ0n) is 17.5. The maximum Gasteiger partial charge on any atom is 0.267 e. The van der Waals surface area contributed by atoms with Gasteiger partial charge in [-0.1, -0.05) is 23.2 Å². The highest BCUT2D eigenvalue weighted by Crippen LogP contribution is 2.44. The molecule has 4 aromatic rings. The SMILES string of the molecule is Nc1ccc(-n2c(C(Nc3nc(N)nc(N)c3Cl)C3CC3)nc3c(F)ccc(Cl)c3c2=O)cn1. The first-order valence-electron chi connectivity index (χ1n) is 10.2. The maximum atomic E-state index is 14.8. The molecule has 3 heterocycles. The summed E-state index contributed by atoms with van der Waals surface area (Å²) >= 11 is 12.6. The van der Waals surface area contributed by atoms with Crippen LogP contribution in [0.1, 0.15) is 24.7 Å². The van der Waals surface area contributed by atoms with Gasteiger partial charge >= 0.3 is 0 Å². The Bertz CT molecular complexity index is 1490. The summed E-state index contributed by atoms with van der Waals surface area (Å²) in [6.07, 6.45) is 3.09. The number of benzene rings is 1. The van der Waals surface area contributed by atoms with E-state index in [1.165, 1.54) is 16.8 Å². The molecule has 1 aliphatic rings. The molecular formula is C21H18Cl2FN9O. The topological polar surface area (TPSA) is 164 Å². The highest BCUT2D eigenvalue weighted by Gasteiger charge is 2.37. The minimum absolute atomic E-state index is 0.00404. The molecule has 1 aliphatic carbocycles. The van der Waals surface area contributed by atoms with E-state index < -0.39 is 17.4 Å². The van der Waals surface area contributed by atoms with Crippen LogP contribution in [-0.2, 0) is 0 Å². The highest BCUT2D eigenvalue weighted by molar-refractivity contribution is 6.35. The molecule has 1 aromatic carbocycles. The fourth-order valence-corrected chi connectivity index (χ4v) is 4.14. The van der Waals surface area contributed by atoms with Crippen LogP contribution in [0.4, 0.5) is 27.8 Å². The number of hydrogen-bond acceptors (Lipinski definition) is 9. The van der Waals surface area contributed by atoms with Gasteiger partial charge in [-0.05, 0) is 43.0 Å². The third-order valence-electron chi connectivity index (χ3n) is 5.54. The molecule has 0 bridgehead atoms. The Morgan fingerprint density at radius 2 is 1.85 bits per heavy atom. The molecule has 34 heavy (non-hydrogen) atoms. The molecule has 0 amide bonds. The van der Waals surface area contributed by atoms with E-state index in [0.29, 0.717) is 5.69 Å². The van der Waals surface area contributed by atoms with Gasteiger partial charge in [-0.15, -0.1) is 0 Å². The lowest BCUT2D eigenvalue weighted by atomic mass is 10.1. The summed E-state index contributed by atoms with van der Waals surface area (Å²) in [6, 6.07) is 5.05. The third-order valence-corrected chi connectivity index (χ3v) is 6.22. The lowest BCUT2D eigenvalue weighted by Gasteiger charge is -2.24. The molecule has 1 unspecified atom stereocenters. The fourth-order valence-electron chi connectivity index (χ4n) is 3.77. The summed E-state index contributed by atoms with van der Waals surface area (Å²) in [5.41, 5.74) is 17.0. The van der Waals surface area contributed by atoms with Crippen molar-refractivity contribution in [2.24, 2.45) is 5.92 Å². The van der Waals surface area contributed by atoms with E-state index in [-0.39, 0.29) is 56.1 Å². The first-order valence-corrected chi connectivity index (χ1v) is 11.0. The smallest absolute Gasteiger partial charge is 0.267 e. The summed E-state index contributed by atoms with van der Waals surface area (Å²) < 4.78 is 16.1. The van der Waals surface area contributed by atoms with Gasteiger partial charge in [0.2, 0.25) is 5.95 Å². The van der Waals surface area contributed by atoms with Crippen molar-refractivity contribution >= 4 is 57.5 Å². The second-order valence-corrected chi connectivity index (χ2v) is 8.68. The molecule has 5 rings (SSSR count). The molecule has 0 saturated heterocycles. The van der Waals surface area contributed by atoms with E-state index in [2.05, 4.69) is 25.3 Å². The average Bonchev–Trinajstić information content (AvgIpc) is 3.63. The lowest BCUT2D eigenvalue weighted by molar-refractivity contribution is 0.600. The Labute approximate surface area is 201 Å². The molecule has 1 atom stereocenters. The van der Waals surface area contributed by atoms with Gasteiger partial charge in [0, 0.05) is 0 Å². The molecule has 10 nitrogen and oxygen atoms in total. The van der Waals surface area contributed by atoms with E-state index in [1.54, 1.807) is 12.1 Å². The van der Waals surface area contributed by atoms with Gasteiger partial charge in [0.1, 0.15) is 33.8 Å². The monoisotopic (exact) mass is 501 g/mol. The van der Waals surface area contributed by atoms with Crippen molar-refractivity contribution in [1.29, 1.82) is 0 Å². The third kappa shape index (κ3) is 3.82. The largest absolute Gasteiger partial charge is 0.384 e. The Hall–Kier alpha value is -3.70. The minimum atomic E-state index is -0.677. The van der Waals surface area contributed by atoms with Gasteiger partial charge in [-0.2, -0.15) is 9.97 Å². The van der Waals surface area contributed by atoms with Crippen LogP contribution in [0.3, 0.4) is 0 Å². The zero-order valence-corrected chi connectivity index (χ0v) is 19.0. The van der Waals surface area contributed by atoms with Crippen molar-refractivity contribution in [3.05, 3.63) is 62.5 Å². The quantitative estimate of drug-likeness (QED) is 0.320. The lowest BCUT2D eigenvalue weighted by Crippen LogP contribution is -2.30. The Morgan fingerprint density at radius 3 is 2.53 bits per heavy atom. The average molecular weight is 502 g/mol. The van der Waals surface area contributed by atoms with Crippen molar-refractivity contribution < 1.29 is 4.39 Å². The summed E-state index contributed by atoms with van der Waals surface area (Å²) in [5, 5.41) is 3.28. The number of rotatable bonds is 5. The molecule has 0 aliphatic heterocycles. The van der Waals surface area contributed by atoms with Gasteiger partial charge in [0.05, 0.1) is 28.3 Å². The van der Waals surface area contributed by atoms with Crippen LogP contribution in [0, 0.1) is 11.7 Å². The standard InChI is InChI=1S/C21H18Cl2FN9O/c22-10-4-5-11(24)16-13(10)20(34)33(9-3-6-12(25)28-7-9)19(30-16)15(8-1-2-8)29-18-14(23)17(26)31-21(27)32-18/h3-8,15H,1-2H2,(H2,25,28)(H5,26,27,29,31,32). The molecule has 1 saturated carbocycles. The molecule has 0 spiro atoms. The number of nitrogens with zero attached hydrogens (tertiary/aromatic N) is 5. The number of hydrogen-bond donors (Lipinski definition) is 4. The van der Waals surface area contributed by atoms with Crippen molar-refractivity contribution in [3.8, 4) is 5.69 Å². The van der Waals surface area contributed by atoms with Crippen molar-refractivity contribution in [2.75, 3.05) is 22.5 Å². The molecule has 174 valence electrons. The number of nitrogen functional groups attached to an aromatic ring is 3. The fraction of sp³-hybridized carbons (Fsp3) is 0.190. The van der Waals surface area contributed by atoms with Gasteiger partial charge in [0.15, 0.2) is 5.82 Å². The summed E-state index contributed by atoms with van der Waals surface area (Å²) in [7, 11) is 0. The van der Waals surface area contributed by atoms with Crippen molar-refractivity contribution in [2.45, 2.75) is 18.9 Å². The number of fused-ring (bicyclic) bond motifs is 1. The predicted molar refractivity (Wildman–Crippen MR) is 129 cm³/mol. The van der Waals surface area contributed by atoms with Gasteiger partial charge in [0.25, 0.3) is 5.56 Å². The number of aromatic nitrogens is 5. The number of nitrogens with two attached hydrogens (primary N) is 3. The van der Waals surface area contributed by atoms with Crippen molar-refractivity contribution in [3.63, 3.8) is 0 Å². The minimum Gasteiger partial charge on any atom is -0.384 e. The Balaban J connectivity index is 1.78. The van der Waals surface area contributed by atoms with Crippen molar-refractivity contribution in [1.82, 2.24) is 24.5 Å². The summed E-state index contributed by atoms with van der Waals surface area (Å²) in [6.45, 7) is 0. The summed E-state index contributed by atoms with van der Waals surface area (Å²) in [5.74, 6) is -0.0479. The van der Waals surface area contributed by atoms with Crippen LogP contribution in [0.25, 0.3) is 16.6 Å². The van der Waals surface area contributed by atoms with Crippen LogP contribution in [0.2, 0.25) is 10.0 Å². The maximum absolute atomic E-state index is 14.8. The van der Waals surface area contributed by atoms with Gasteiger partial charge in [-0.25, -0.2) is 14.4 Å². The molecule has 7 N–H and O–H groups in total. The zero-order chi connectivity index (χ0) is 24.1.